The van der Waals surface area contributed by atoms with Crippen LogP contribution < -0.4 is 10.2 Å². The molecule has 1 aliphatic heterocycles. The molecule has 240 valence electrons. The average Bonchev–Trinajstić information content (AvgIpc) is 3.42. The summed E-state index contributed by atoms with van der Waals surface area (Å²) in [7, 11) is -4.04. The first-order valence-corrected chi connectivity index (χ1v) is 16.1. The quantitative estimate of drug-likeness (QED) is 0.228. The summed E-state index contributed by atoms with van der Waals surface area (Å²) in [6.07, 6.45) is -3.11. The van der Waals surface area contributed by atoms with Gasteiger partial charge in [0.1, 0.15) is 0 Å². The van der Waals surface area contributed by atoms with Gasteiger partial charge in [-0.2, -0.15) is 4.31 Å². The van der Waals surface area contributed by atoms with Gasteiger partial charge in [-0.1, -0.05) is 68.4 Å². The van der Waals surface area contributed by atoms with Crippen molar-refractivity contribution in [1.82, 2.24) is 9.62 Å². The fraction of sp³-hybridized carbons (Fsp3) is 0.364. The zero-order valence-corrected chi connectivity index (χ0v) is 26.3. The van der Waals surface area contributed by atoms with Gasteiger partial charge in [0.05, 0.1) is 30.2 Å². The number of hydrogen-bond donors (Lipinski definition) is 3. The number of Topliss-reactive ketones (excluding diaryl/α,β-unsaturated/α-hetero) is 1. The molecule has 0 aliphatic carbocycles. The number of sulfonamides is 1. The Balaban J connectivity index is 1.55. The standard InChI is InChI=1S/C33H39N3O8S/c1-22(2)18-35(45(42,43)28-14-12-25(21-37)13-15-28)19-30(39)29(16-24-8-5-4-6-9-24)34-32(40)31-20-36(33(41)44-31)27-11-7-10-26(17-27)23(3)38/h4-15,17,22,29-31,37,39H,16,18-21H2,1-3H3,(H,34,40)/t29-,30+,31-/m0/s1. The van der Waals surface area contributed by atoms with Crippen molar-refractivity contribution in [2.75, 3.05) is 24.5 Å². The molecule has 11 nitrogen and oxygen atoms in total. The Morgan fingerprint density at radius 2 is 1.69 bits per heavy atom. The summed E-state index contributed by atoms with van der Waals surface area (Å²) in [4.78, 5) is 39.3. The van der Waals surface area contributed by atoms with Crippen molar-refractivity contribution in [3.8, 4) is 0 Å². The summed E-state index contributed by atoms with van der Waals surface area (Å²) in [6, 6.07) is 20.5. The maximum absolute atomic E-state index is 13.7. The molecule has 2 amide bonds. The number of ketones is 1. The molecule has 1 saturated heterocycles. The van der Waals surface area contributed by atoms with Crippen molar-refractivity contribution in [3.63, 3.8) is 0 Å². The third-order valence-corrected chi connectivity index (χ3v) is 9.31. The molecule has 3 N–H and O–H groups in total. The Hall–Kier alpha value is -4.10. The van der Waals surface area contributed by atoms with Crippen LogP contribution in [0.5, 0.6) is 0 Å². The van der Waals surface area contributed by atoms with Crippen LogP contribution >= 0.6 is 0 Å². The van der Waals surface area contributed by atoms with Crippen molar-refractivity contribution in [2.45, 2.75) is 56.9 Å². The van der Waals surface area contributed by atoms with Crippen LogP contribution in [0.15, 0.2) is 83.8 Å². The van der Waals surface area contributed by atoms with Gasteiger partial charge in [0.15, 0.2) is 11.9 Å². The molecule has 0 aromatic heterocycles. The number of rotatable bonds is 14. The summed E-state index contributed by atoms with van der Waals surface area (Å²) < 4.78 is 33.9. The van der Waals surface area contributed by atoms with Crippen LogP contribution in [0.3, 0.4) is 0 Å². The molecule has 45 heavy (non-hydrogen) atoms. The highest BCUT2D eigenvalue weighted by molar-refractivity contribution is 7.89. The predicted octanol–water partition coefficient (Wildman–Crippen LogP) is 3.14. The number of aliphatic hydroxyl groups is 2. The molecule has 0 saturated carbocycles. The van der Waals surface area contributed by atoms with E-state index in [2.05, 4.69) is 5.32 Å². The smallest absolute Gasteiger partial charge is 0.415 e. The Bertz CT molecular complexity index is 1600. The van der Waals surface area contributed by atoms with Crippen LogP contribution in [-0.2, 0) is 32.6 Å². The first-order valence-electron chi connectivity index (χ1n) is 14.7. The maximum atomic E-state index is 13.7. The molecule has 0 radical (unpaired) electrons. The SMILES string of the molecule is CC(=O)c1cccc(N2C[C@@H](C(=O)N[C@@H](Cc3ccccc3)[C@H](O)CN(CC(C)C)S(=O)(=O)c3ccc(CO)cc3)OC2=O)c1. The van der Waals surface area contributed by atoms with Crippen LogP contribution in [-0.4, -0.2) is 78.6 Å². The van der Waals surface area contributed by atoms with E-state index in [-0.39, 0.29) is 49.3 Å². The Morgan fingerprint density at radius 3 is 2.31 bits per heavy atom. The average molecular weight is 638 g/mol. The molecule has 1 fully saturated rings. The highest BCUT2D eigenvalue weighted by atomic mass is 32.2. The van der Waals surface area contributed by atoms with E-state index in [0.717, 1.165) is 5.56 Å². The molecule has 3 aromatic carbocycles. The molecule has 3 atom stereocenters. The molecular formula is C33H39N3O8S. The van der Waals surface area contributed by atoms with E-state index in [0.29, 0.717) is 16.8 Å². The minimum atomic E-state index is -4.04. The summed E-state index contributed by atoms with van der Waals surface area (Å²) in [5.74, 6) is -0.894. The van der Waals surface area contributed by atoms with Crippen molar-refractivity contribution < 1.29 is 37.8 Å². The van der Waals surface area contributed by atoms with Gasteiger partial charge >= 0.3 is 6.09 Å². The number of carbonyl (C=O) groups excluding carboxylic acids is 3. The third kappa shape index (κ3) is 8.54. The Kier molecular flexibility index (Phi) is 11.1. The van der Waals surface area contributed by atoms with Crippen LogP contribution in [0.25, 0.3) is 0 Å². The monoisotopic (exact) mass is 637 g/mol. The van der Waals surface area contributed by atoms with Gasteiger partial charge in [-0.25, -0.2) is 13.2 Å². The van der Waals surface area contributed by atoms with Crippen LogP contribution in [0.1, 0.15) is 42.3 Å². The minimum Gasteiger partial charge on any atom is -0.434 e. The fourth-order valence-corrected chi connectivity index (χ4v) is 6.68. The van der Waals surface area contributed by atoms with E-state index < -0.39 is 40.3 Å². The van der Waals surface area contributed by atoms with E-state index in [1.807, 2.05) is 44.2 Å². The number of amides is 2. The maximum Gasteiger partial charge on any atom is 0.415 e. The number of hydrogen-bond acceptors (Lipinski definition) is 8. The van der Waals surface area contributed by atoms with Gasteiger partial charge in [-0.05, 0) is 54.7 Å². The van der Waals surface area contributed by atoms with Crippen LogP contribution in [0.2, 0.25) is 0 Å². The normalized spacial score (nSPS) is 16.5. The molecule has 0 bridgehead atoms. The highest BCUT2D eigenvalue weighted by Crippen LogP contribution is 2.24. The molecular weight excluding hydrogens is 598 g/mol. The molecule has 3 aromatic rings. The fourth-order valence-electron chi connectivity index (χ4n) is 5.06. The van der Waals surface area contributed by atoms with Crippen LogP contribution in [0, 0.1) is 5.92 Å². The van der Waals surface area contributed by atoms with Gasteiger partial charge in [-0.15, -0.1) is 0 Å². The third-order valence-electron chi connectivity index (χ3n) is 7.46. The van der Waals surface area contributed by atoms with Crippen molar-refractivity contribution in [2.24, 2.45) is 5.92 Å². The summed E-state index contributed by atoms with van der Waals surface area (Å²) in [5, 5.41) is 23.7. The summed E-state index contributed by atoms with van der Waals surface area (Å²) in [6.45, 7) is 4.59. The number of carbonyl (C=O) groups is 3. The highest BCUT2D eigenvalue weighted by Gasteiger charge is 2.39. The van der Waals surface area contributed by atoms with E-state index in [1.165, 1.54) is 40.4 Å². The second-order valence-electron chi connectivity index (χ2n) is 11.5. The molecule has 12 heteroatoms. The second kappa shape index (κ2) is 14.8. The Labute approximate surface area is 263 Å². The van der Waals surface area contributed by atoms with Gasteiger partial charge in [-0.3, -0.25) is 14.5 Å². The number of anilines is 1. The van der Waals surface area contributed by atoms with Gasteiger partial charge < -0.3 is 20.3 Å². The van der Waals surface area contributed by atoms with E-state index in [9.17, 15) is 33.0 Å². The molecule has 1 heterocycles. The summed E-state index contributed by atoms with van der Waals surface area (Å²) >= 11 is 0. The topological polar surface area (TPSA) is 154 Å². The van der Waals surface area contributed by atoms with E-state index in [1.54, 1.807) is 24.3 Å². The number of nitrogens with one attached hydrogen (secondary N) is 1. The number of benzene rings is 3. The van der Waals surface area contributed by atoms with E-state index >= 15 is 0 Å². The lowest BCUT2D eigenvalue weighted by Crippen LogP contribution is -2.53. The minimum absolute atomic E-state index is 0.0167. The van der Waals surface area contributed by atoms with Gasteiger partial charge in [0, 0.05) is 24.3 Å². The van der Waals surface area contributed by atoms with Crippen molar-refractivity contribution in [3.05, 3.63) is 95.6 Å². The lowest BCUT2D eigenvalue weighted by atomic mass is 10.0. The molecule has 1 aliphatic rings. The summed E-state index contributed by atoms with van der Waals surface area (Å²) in [5.41, 5.74) is 2.17. The van der Waals surface area contributed by atoms with Crippen molar-refractivity contribution >= 4 is 33.5 Å². The molecule has 4 rings (SSSR count). The van der Waals surface area contributed by atoms with Gasteiger partial charge in [0.2, 0.25) is 10.0 Å². The zero-order valence-electron chi connectivity index (χ0n) is 25.5. The Morgan fingerprint density at radius 1 is 1.00 bits per heavy atom. The van der Waals surface area contributed by atoms with E-state index in [4.69, 9.17) is 4.74 Å². The first-order chi connectivity index (χ1) is 21.4. The lowest BCUT2D eigenvalue weighted by Gasteiger charge is -2.31. The van der Waals surface area contributed by atoms with Crippen LogP contribution in [0.4, 0.5) is 10.5 Å². The molecule has 0 spiro atoms. The number of cyclic esters (lactones) is 1. The number of aliphatic hydroxyl groups excluding tert-OH is 2. The zero-order chi connectivity index (χ0) is 32.7. The molecule has 0 unspecified atom stereocenters. The second-order valence-corrected chi connectivity index (χ2v) is 13.4. The largest absolute Gasteiger partial charge is 0.434 e. The predicted molar refractivity (Wildman–Crippen MR) is 168 cm³/mol. The first kappa shape index (κ1) is 33.8. The van der Waals surface area contributed by atoms with Crippen molar-refractivity contribution in [1.29, 1.82) is 0 Å². The van der Waals surface area contributed by atoms with Gasteiger partial charge in [0.25, 0.3) is 5.91 Å². The number of ether oxygens (including phenoxy) is 1. The lowest BCUT2D eigenvalue weighted by molar-refractivity contribution is -0.129. The number of nitrogens with zero attached hydrogens (tertiary/aromatic N) is 2.